The topological polar surface area (TPSA) is 32.3 Å². The predicted octanol–water partition coefficient (Wildman–Crippen LogP) is 2.81. The van der Waals surface area contributed by atoms with E-state index in [0.29, 0.717) is 5.92 Å². The average Bonchev–Trinajstić information content (AvgIpc) is 2.53. The fourth-order valence-corrected chi connectivity index (χ4v) is 3.06. The van der Waals surface area contributed by atoms with Crippen molar-refractivity contribution in [3.05, 3.63) is 35.9 Å². The summed E-state index contributed by atoms with van der Waals surface area (Å²) in [5, 5.41) is 3.41. The van der Waals surface area contributed by atoms with Crippen LogP contribution in [0.15, 0.2) is 30.3 Å². The predicted molar refractivity (Wildman–Crippen MR) is 87.3 cm³/mol. The van der Waals surface area contributed by atoms with Gasteiger partial charge in [-0.3, -0.25) is 4.79 Å². The van der Waals surface area contributed by atoms with Gasteiger partial charge in [0.25, 0.3) is 0 Å². The first kappa shape index (κ1) is 16.0. The van der Waals surface area contributed by atoms with Crippen LogP contribution in [-0.4, -0.2) is 37.0 Å². The number of rotatable bonds is 5. The molecule has 0 bridgehead atoms. The second kappa shape index (κ2) is 7.08. The molecule has 21 heavy (non-hydrogen) atoms. The number of carbonyl (C=O) groups is 1. The van der Waals surface area contributed by atoms with Crippen LogP contribution in [0.5, 0.6) is 0 Å². The highest BCUT2D eigenvalue weighted by Gasteiger charge is 2.35. The van der Waals surface area contributed by atoms with Crippen LogP contribution in [0.4, 0.5) is 0 Å². The van der Waals surface area contributed by atoms with Crippen LogP contribution in [0.2, 0.25) is 0 Å². The average molecular weight is 288 g/mol. The van der Waals surface area contributed by atoms with Crippen molar-refractivity contribution in [3.8, 4) is 0 Å². The van der Waals surface area contributed by atoms with Crippen molar-refractivity contribution >= 4 is 5.91 Å². The van der Waals surface area contributed by atoms with E-state index in [2.05, 4.69) is 29.3 Å². The van der Waals surface area contributed by atoms with Gasteiger partial charge in [-0.1, -0.05) is 37.3 Å². The number of benzene rings is 1. The van der Waals surface area contributed by atoms with Crippen molar-refractivity contribution in [2.75, 3.05) is 26.2 Å². The van der Waals surface area contributed by atoms with Gasteiger partial charge in [-0.25, -0.2) is 0 Å². The lowest BCUT2D eigenvalue weighted by Gasteiger charge is -2.37. The second-order valence-electron chi connectivity index (χ2n) is 6.53. The largest absolute Gasteiger partial charge is 0.342 e. The molecule has 0 unspecified atom stereocenters. The molecule has 1 N–H and O–H groups in total. The number of piperidine rings is 1. The van der Waals surface area contributed by atoms with Gasteiger partial charge in [-0.05, 0) is 51.3 Å². The molecule has 0 aliphatic carbocycles. The maximum absolute atomic E-state index is 12.9. The van der Waals surface area contributed by atoms with Crippen LogP contribution in [0.3, 0.4) is 0 Å². The molecule has 3 heteroatoms. The Bertz CT molecular complexity index is 448. The van der Waals surface area contributed by atoms with Crippen LogP contribution >= 0.6 is 0 Å². The Labute approximate surface area is 128 Å². The Kier molecular flexibility index (Phi) is 5.40. The van der Waals surface area contributed by atoms with Crippen molar-refractivity contribution < 1.29 is 4.79 Å². The van der Waals surface area contributed by atoms with Crippen LogP contribution in [0.25, 0.3) is 0 Å². The van der Waals surface area contributed by atoms with Crippen molar-refractivity contribution in [1.82, 2.24) is 10.2 Å². The molecule has 0 radical (unpaired) electrons. The number of hydrogen-bond acceptors (Lipinski definition) is 2. The Morgan fingerprint density at radius 1 is 1.24 bits per heavy atom. The molecule has 1 aliphatic rings. The van der Waals surface area contributed by atoms with Gasteiger partial charge >= 0.3 is 0 Å². The molecule has 0 aromatic heterocycles. The summed E-state index contributed by atoms with van der Waals surface area (Å²) in [6.45, 7) is 10.1. The van der Waals surface area contributed by atoms with Gasteiger partial charge in [0.15, 0.2) is 0 Å². The highest BCUT2D eigenvalue weighted by Crippen LogP contribution is 2.28. The minimum Gasteiger partial charge on any atom is -0.342 e. The molecule has 116 valence electrons. The molecule has 3 nitrogen and oxygen atoms in total. The second-order valence-corrected chi connectivity index (χ2v) is 6.53. The molecule has 1 fully saturated rings. The first-order valence-corrected chi connectivity index (χ1v) is 8.11. The molecule has 0 saturated carbocycles. The molecule has 0 atom stereocenters. The standard InChI is InChI=1S/C18H28N2O/c1-4-19-14-15-10-12-20(13-11-15)17(21)18(2,3)16-8-6-5-7-9-16/h5-9,15,19H,4,10-14H2,1-3H3. The van der Waals surface area contributed by atoms with Crippen molar-refractivity contribution in [3.63, 3.8) is 0 Å². The molecular formula is C18H28N2O. The summed E-state index contributed by atoms with van der Waals surface area (Å²) in [5.74, 6) is 0.976. The highest BCUT2D eigenvalue weighted by molar-refractivity contribution is 5.87. The molecule has 1 heterocycles. The number of hydrogen-bond donors (Lipinski definition) is 1. The Balaban J connectivity index is 1.95. The fourth-order valence-electron chi connectivity index (χ4n) is 3.06. The van der Waals surface area contributed by atoms with E-state index in [1.54, 1.807) is 0 Å². The smallest absolute Gasteiger partial charge is 0.232 e. The van der Waals surface area contributed by atoms with Gasteiger partial charge in [0.1, 0.15) is 0 Å². The van der Waals surface area contributed by atoms with E-state index in [-0.39, 0.29) is 5.91 Å². The molecule has 1 aliphatic heterocycles. The molecule has 2 rings (SSSR count). The Morgan fingerprint density at radius 3 is 2.43 bits per heavy atom. The zero-order valence-corrected chi connectivity index (χ0v) is 13.6. The summed E-state index contributed by atoms with van der Waals surface area (Å²) in [7, 11) is 0. The van der Waals surface area contributed by atoms with Crippen molar-refractivity contribution in [2.45, 2.75) is 39.0 Å². The summed E-state index contributed by atoms with van der Waals surface area (Å²) in [6.07, 6.45) is 2.23. The van der Waals surface area contributed by atoms with E-state index in [9.17, 15) is 4.79 Å². The van der Waals surface area contributed by atoms with E-state index in [4.69, 9.17) is 0 Å². The van der Waals surface area contributed by atoms with Gasteiger partial charge in [0.05, 0.1) is 5.41 Å². The molecule has 1 saturated heterocycles. The van der Waals surface area contributed by atoms with Gasteiger partial charge in [0.2, 0.25) is 5.91 Å². The zero-order valence-electron chi connectivity index (χ0n) is 13.6. The maximum atomic E-state index is 12.9. The maximum Gasteiger partial charge on any atom is 0.232 e. The lowest BCUT2D eigenvalue weighted by atomic mass is 9.82. The van der Waals surface area contributed by atoms with Gasteiger partial charge in [-0.2, -0.15) is 0 Å². The summed E-state index contributed by atoms with van der Waals surface area (Å²) in [6, 6.07) is 10.1. The van der Waals surface area contributed by atoms with Gasteiger partial charge in [0, 0.05) is 13.1 Å². The Hall–Kier alpha value is -1.35. The van der Waals surface area contributed by atoms with E-state index in [1.807, 2.05) is 32.0 Å². The zero-order chi connectivity index (χ0) is 15.3. The number of carbonyl (C=O) groups excluding carboxylic acids is 1. The quantitative estimate of drug-likeness (QED) is 0.903. The van der Waals surface area contributed by atoms with E-state index < -0.39 is 5.41 Å². The third kappa shape index (κ3) is 3.85. The summed E-state index contributed by atoms with van der Waals surface area (Å²) in [5.41, 5.74) is 0.667. The fraction of sp³-hybridized carbons (Fsp3) is 0.611. The van der Waals surface area contributed by atoms with Gasteiger partial charge < -0.3 is 10.2 Å². The minimum atomic E-state index is -0.435. The first-order valence-electron chi connectivity index (χ1n) is 8.11. The van der Waals surface area contributed by atoms with Crippen LogP contribution in [-0.2, 0) is 10.2 Å². The molecular weight excluding hydrogens is 260 g/mol. The summed E-state index contributed by atoms with van der Waals surface area (Å²) >= 11 is 0. The normalized spacial score (nSPS) is 17.0. The SMILES string of the molecule is CCNCC1CCN(C(=O)C(C)(C)c2ccccc2)CC1. The summed E-state index contributed by atoms with van der Waals surface area (Å²) < 4.78 is 0. The van der Waals surface area contributed by atoms with Crippen LogP contribution in [0, 0.1) is 5.92 Å². The summed E-state index contributed by atoms with van der Waals surface area (Å²) in [4.78, 5) is 14.9. The van der Waals surface area contributed by atoms with Crippen molar-refractivity contribution in [1.29, 1.82) is 0 Å². The van der Waals surface area contributed by atoms with E-state index in [1.165, 1.54) is 0 Å². The molecule has 0 spiro atoms. The molecule has 1 amide bonds. The number of nitrogens with one attached hydrogen (secondary N) is 1. The lowest BCUT2D eigenvalue weighted by molar-refractivity contribution is -0.137. The third-order valence-corrected chi connectivity index (χ3v) is 4.61. The number of nitrogens with zero attached hydrogens (tertiary/aromatic N) is 1. The monoisotopic (exact) mass is 288 g/mol. The van der Waals surface area contributed by atoms with E-state index in [0.717, 1.165) is 44.6 Å². The number of likely N-dealkylation sites (tertiary alicyclic amines) is 1. The third-order valence-electron chi connectivity index (χ3n) is 4.61. The van der Waals surface area contributed by atoms with Gasteiger partial charge in [-0.15, -0.1) is 0 Å². The first-order chi connectivity index (χ1) is 10.1. The van der Waals surface area contributed by atoms with Crippen LogP contribution < -0.4 is 5.32 Å². The highest BCUT2D eigenvalue weighted by atomic mass is 16.2. The Morgan fingerprint density at radius 2 is 1.86 bits per heavy atom. The molecule has 1 aromatic carbocycles. The van der Waals surface area contributed by atoms with Crippen molar-refractivity contribution in [2.24, 2.45) is 5.92 Å². The molecule has 1 aromatic rings. The van der Waals surface area contributed by atoms with E-state index >= 15 is 0 Å². The van der Waals surface area contributed by atoms with Crippen LogP contribution in [0.1, 0.15) is 39.2 Å². The number of amides is 1. The minimum absolute atomic E-state index is 0.260. The lowest BCUT2D eigenvalue weighted by Crippen LogP contribution is -2.47.